The highest BCUT2D eigenvalue weighted by molar-refractivity contribution is 6.04. The van der Waals surface area contributed by atoms with Gasteiger partial charge in [0.2, 0.25) is 0 Å². The van der Waals surface area contributed by atoms with Gasteiger partial charge in [-0.15, -0.1) is 0 Å². The second-order valence-electron chi connectivity index (χ2n) is 7.63. The molecule has 3 aromatic rings. The number of carbonyl (C=O) groups excluding carboxylic acids is 2. The number of nitrogens with one attached hydrogen (secondary N) is 1. The summed E-state index contributed by atoms with van der Waals surface area (Å²) in [6, 6.07) is 10.3. The first-order valence-electron chi connectivity index (χ1n) is 9.99. The monoisotopic (exact) mass is 458 g/mol. The number of nitrogens with zero attached hydrogens (tertiary/aromatic N) is 1. The number of hydrogen-bond acceptors (Lipinski definition) is 3. The van der Waals surface area contributed by atoms with E-state index in [-0.39, 0.29) is 30.1 Å². The van der Waals surface area contributed by atoms with Gasteiger partial charge in [0.05, 0.1) is 5.56 Å². The lowest BCUT2D eigenvalue weighted by Gasteiger charge is -2.22. The summed E-state index contributed by atoms with van der Waals surface area (Å²) in [5, 5.41) is 2.53. The first-order valence-corrected chi connectivity index (χ1v) is 9.99. The van der Waals surface area contributed by atoms with Crippen molar-refractivity contribution in [1.29, 1.82) is 0 Å². The van der Waals surface area contributed by atoms with Gasteiger partial charge in [-0.05, 0) is 55.0 Å². The minimum atomic E-state index is -1.00. The van der Waals surface area contributed by atoms with Crippen molar-refractivity contribution in [2.75, 3.05) is 5.32 Å². The molecule has 9 heteroatoms. The Labute approximate surface area is 186 Å². The van der Waals surface area contributed by atoms with Crippen LogP contribution in [0, 0.1) is 23.3 Å². The molecule has 0 saturated carbocycles. The van der Waals surface area contributed by atoms with Crippen molar-refractivity contribution in [2.45, 2.75) is 26.1 Å². The topological polar surface area (TPSA) is 58.6 Å². The van der Waals surface area contributed by atoms with E-state index >= 15 is 0 Å². The summed E-state index contributed by atoms with van der Waals surface area (Å²) >= 11 is 0. The Bertz CT molecular complexity index is 1230. The van der Waals surface area contributed by atoms with Crippen LogP contribution in [-0.4, -0.2) is 22.8 Å². The zero-order valence-corrected chi connectivity index (χ0v) is 17.4. The van der Waals surface area contributed by atoms with E-state index in [0.29, 0.717) is 23.1 Å². The molecule has 0 aromatic heterocycles. The molecular weight excluding hydrogens is 440 g/mol. The molecule has 33 heavy (non-hydrogen) atoms. The molecule has 2 amide bonds. The first-order chi connectivity index (χ1) is 15.7. The van der Waals surface area contributed by atoms with E-state index in [1.165, 1.54) is 11.0 Å². The van der Waals surface area contributed by atoms with Gasteiger partial charge in [0, 0.05) is 36.5 Å². The molecule has 5 nitrogen and oxygen atoms in total. The maximum absolute atomic E-state index is 13.9. The van der Waals surface area contributed by atoms with Crippen molar-refractivity contribution in [3.05, 3.63) is 94.6 Å². The molecule has 3 aromatic carbocycles. The largest absolute Gasteiger partial charge is 0.481 e. The maximum atomic E-state index is 13.9. The third kappa shape index (κ3) is 4.97. The molecule has 4 rings (SSSR count). The zero-order chi connectivity index (χ0) is 23.7. The molecule has 1 N–H and O–H groups in total. The van der Waals surface area contributed by atoms with Gasteiger partial charge in [0.15, 0.2) is 6.10 Å². The van der Waals surface area contributed by atoms with Crippen molar-refractivity contribution >= 4 is 17.5 Å². The number of rotatable bonds is 4. The summed E-state index contributed by atoms with van der Waals surface area (Å²) in [6.45, 7) is 1.55. The maximum Gasteiger partial charge on any atom is 0.263 e. The number of benzene rings is 3. The van der Waals surface area contributed by atoms with Gasteiger partial charge >= 0.3 is 0 Å². The summed E-state index contributed by atoms with van der Waals surface area (Å²) < 4.78 is 59.9. The van der Waals surface area contributed by atoms with E-state index in [9.17, 15) is 27.2 Å². The van der Waals surface area contributed by atoms with Gasteiger partial charge in [-0.2, -0.15) is 0 Å². The van der Waals surface area contributed by atoms with Crippen LogP contribution in [-0.2, 0) is 17.9 Å². The zero-order valence-electron chi connectivity index (χ0n) is 17.4. The third-order valence-corrected chi connectivity index (χ3v) is 5.11. The fourth-order valence-corrected chi connectivity index (χ4v) is 3.61. The predicted molar refractivity (Wildman–Crippen MR) is 111 cm³/mol. The first kappa shape index (κ1) is 22.3. The lowest BCUT2D eigenvalue weighted by Crippen LogP contribution is -2.37. The highest BCUT2D eigenvalue weighted by Crippen LogP contribution is 2.30. The average molecular weight is 458 g/mol. The fourth-order valence-electron chi connectivity index (χ4n) is 3.61. The van der Waals surface area contributed by atoms with Gasteiger partial charge in [0.1, 0.15) is 29.0 Å². The van der Waals surface area contributed by atoms with Crippen LogP contribution in [0.1, 0.15) is 28.4 Å². The standard InChI is InChI=1S/C24H18F4N2O3/c1-13-24(32)30(11-14-6-17(26)9-18(27)7-14)12-15-8-19(3-5-22(15)33-13)29-23(31)20-4-2-16(25)10-21(20)28/h2-10,13H,11-12H2,1H3,(H,29,31)/t13-/m1/s1. The van der Waals surface area contributed by atoms with Crippen molar-refractivity contribution in [2.24, 2.45) is 0 Å². The van der Waals surface area contributed by atoms with E-state index in [4.69, 9.17) is 4.74 Å². The Morgan fingerprint density at radius 3 is 2.42 bits per heavy atom. The third-order valence-electron chi connectivity index (χ3n) is 5.11. The Morgan fingerprint density at radius 1 is 1.00 bits per heavy atom. The minimum absolute atomic E-state index is 0.0469. The van der Waals surface area contributed by atoms with Crippen LogP contribution in [0.2, 0.25) is 0 Å². The van der Waals surface area contributed by atoms with Crippen LogP contribution < -0.4 is 10.1 Å². The number of amides is 2. The van der Waals surface area contributed by atoms with Crippen molar-refractivity contribution in [3.8, 4) is 5.75 Å². The summed E-state index contributed by atoms with van der Waals surface area (Å²) in [5.41, 5.74) is 0.765. The molecule has 0 bridgehead atoms. The number of anilines is 1. The Balaban J connectivity index is 1.58. The van der Waals surface area contributed by atoms with Crippen LogP contribution in [0.15, 0.2) is 54.6 Å². The van der Waals surface area contributed by atoms with Crippen LogP contribution in [0.4, 0.5) is 23.2 Å². The smallest absolute Gasteiger partial charge is 0.263 e. The lowest BCUT2D eigenvalue weighted by molar-refractivity contribution is -0.138. The molecule has 170 valence electrons. The number of hydrogen-bond donors (Lipinski definition) is 1. The van der Waals surface area contributed by atoms with E-state index in [2.05, 4.69) is 5.32 Å². The number of ether oxygens (including phenoxy) is 1. The predicted octanol–water partition coefficient (Wildman–Crippen LogP) is 4.81. The van der Waals surface area contributed by atoms with E-state index in [1.807, 2.05) is 0 Å². The molecule has 1 aliphatic heterocycles. The quantitative estimate of drug-likeness (QED) is 0.572. The second-order valence-corrected chi connectivity index (χ2v) is 7.63. The van der Waals surface area contributed by atoms with Crippen LogP contribution in [0.5, 0.6) is 5.75 Å². The molecule has 1 atom stereocenters. The summed E-state index contributed by atoms with van der Waals surface area (Å²) in [6.07, 6.45) is -0.849. The molecule has 0 spiro atoms. The van der Waals surface area contributed by atoms with E-state index < -0.39 is 35.3 Å². The lowest BCUT2D eigenvalue weighted by atomic mass is 10.1. The van der Waals surface area contributed by atoms with Crippen LogP contribution in [0.3, 0.4) is 0 Å². The Hall–Kier alpha value is -3.88. The van der Waals surface area contributed by atoms with Crippen molar-refractivity contribution in [1.82, 2.24) is 4.90 Å². The van der Waals surface area contributed by atoms with Gasteiger partial charge < -0.3 is 15.0 Å². The van der Waals surface area contributed by atoms with E-state index in [1.54, 1.807) is 19.1 Å². The molecule has 1 aliphatic rings. The summed E-state index contributed by atoms with van der Waals surface area (Å²) in [7, 11) is 0. The number of halogens is 4. The number of carbonyl (C=O) groups is 2. The Kier molecular flexibility index (Phi) is 6.04. The molecule has 0 fully saturated rings. The Morgan fingerprint density at radius 2 is 1.73 bits per heavy atom. The summed E-state index contributed by atoms with van der Waals surface area (Å²) in [5.74, 6) is -4.07. The van der Waals surface area contributed by atoms with Crippen molar-refractivity contribution in [3.63, 3.8) is 0 Å². The van der Waals surface area contributed by atoms with Crippen LogP contribution >= 0.6 is 0 Å². The van der Waals surface area contributed by atoms with Gasteiger partial charge in [0.25, 0.3) is 11.8 Å². The van der Waals surface area contributed by atoms with Gasteiger partial charge in [-0.1, -0.05) is 0 Å². The van der Waals surface area contributed by atoms with Gasteiger partial charge in [-0.3, -0.25) is 9.59 Å². The fraction of sp³-hybridized carbons (Fsp3) is 0.167. The molecular formula is C24H18F4N2O3. The number of fused-ring (bicyclic) bond motifs is 1. The van der Waals surface area contributed by atoms with Crippen LogP contribution in [0.25, 0.3) is 0 Å². The minimum Gasteiger partial charge on any atom is -0.481 e. The second kappa shape index (κ2) is 8.93. The molecule has 0 saturated heterocycles. The molecule has 0 radical (unpaired) electrons. The molecule has 0 unspecified atom stereocenters. The van der Waals surface area contributed by atoms with Gasteiger partial charge in [-0.25, -0.2) is 17.6 Å². The highest BCUT2D eigenvalue weighted by Gasteiger charge is 2.28. The average Bonchev–Trinajstić information content (AvgIpc) is 2.84. The highest BCUT2D eigenvalue weighted by atomic mass is 19.1. The summed E-state index contributed by atoms with van der Waals surface area (Å²) in [4.78, 5) is 26.6. The van der Waals surface area contributed by atoms with E-state index in [0.717, 1.165) is 30.3 Å². The van der Waals surface area contributed by atoms with Crippen molar-refractivity contribution < 1.29 is 31.9 Å². The normalized spacial score (nSPS) is 15.5. The molecule has 0 aliphatic carbocycles. The molecule has 1 heterocycles. The SMILES string of the molecule is C[C@H]1Oc2ccc(NC(=O)c3ccc(F)cc3F)cc2CN(Cc2cc(F)cc(F)c2)C1=O.